The number of thiazole rings is 1. The molecule has 1 saturated carbocycles. The molecule has 0 unspecified atom stereocenters. The van der Waals surface area contributed by atoms with Gasteiger partial charge in [-0.2, -0.15) is 24.4 Å². The second-order valence-corrected chi connectivity index (χ2v) is 9.96. The van der Waals surface area contributed by atoms with Gasteiger partial charge in [0.25, 0.3) is 0 Å². The van der Waals surface area contributed by atoms with Crippen molar-refractivity contribution in [3.8, 4) is 0 Å². The highest BCUT2D eigenvalue weighted by molar-refractivity contribution is 7.14. The minimum atomic E-state index is -0.772. The number of hydrogen-bond acceptors (Lipinski definition) is 12. The van der Waals surface area contributed by atoms with E-state index < -0.39 is 23.2 Å². The fourth-order valence-corrected chi connectivity index (χ4v) is 4.89. The number of carbonyl (C=O) groups excluding carboxylic acids is 1. The molecule has 3 aromatic rings. The average Bonchev–Trinajstić information content (AvgIpc) is 3.27. The molecule has 0 aromatic carbocycles. The van der Waals surface area contributed by atoms with Crippen molar-refractivity contribution in [2.24, 2.45) is 0 Å². The maximum Gasteiger partial charge on any atom is 0.249 e. The molecule has 2 saturated heterocycles. The summed E-state index contributed by atoms with van der Waals surface area (Å²) in [4.78, 5) is 34.3. The minimum absolute atomic E-state index is 0.149. The number of amides is 1. The Morgan fingerprint density at radius 1 is 1.22 bits per heavy atom. The Hall–Kier alpha value is -3.43. The number of morpholine rings is 1. The third-order valence-electron chi connectivity index (χ3n) is 6.31. The van der Waals surface area contributed by atoms with Crippen LogP contribution in [-0.2, 0) is 9.53 Å². The van der Waals surface area contributed by atoms with Crippen LogP contribution in [0.2, 0.25) is 0 Å². The lowest BCUT2D eigenvalue weighted by Gasteiger charge is -2.29. The number of β-amino-alcohol motifs (C(OH)–C–C–N with tert-alkyl or cyclic N) is 1. The summed E-state index contributed by atoms with van der Waals surface area (Å²) in [6.07, 6.45) is 2.75. The third-order valence-corrected chi connectivity index (χ3v) is 7.01. The van der Waals surface area contributed by atoms with Crippen molar-refractivity contribution in [3.63, 3.8) is 0 Å². The van der Waals surface area contributed by atoms with Gasteiger partial charge in [0.05, 0.1) is 25.5 Å². The Balaban J connectivity index is 1.29. The van der Waals surface area contributed by atoms with E-state index in [2.05, 4.69) is 40.8 Å². The predicted molar refractivity (Wildman–Crippen MR) is 129 cm³/mol. The summed E-state index contributed by atoms with van der Waals surface area (Å²) in [5, 5.41) is 23.2. The number of rotatable bonds is 7. The van der Waals surface area contributed by atoms with Gasteiger partial charge < -0.3 is 30.3 Å². The first-order valence-electron chi connectivity index (χ1n) is 11.8. The van der Waals surface area contributed by atoms with E-state index in [0.717, 1.165) is 36.1 Å². The summed E-state index contributed by atoms with van der Waals surface area (Å²) in [6, 6.07) is 1.17. The monoisotopic (exact) mass is 516 g/mol. The number of ether oxygens (including phenoxy) is 1. The first-order chi connectivity index (χ1) is 17.5. The van der Waals surface area contributed by atoms with E-state index in [1.807, 2.05) is 11.0 Å². The van der Waals surface area contributed by atoms with Crippen LogP contribution in [0.25, 0.3) is 0 Å². The van der Waals surface area contributed by atoms with E-state index >= 15 is 0 Å². The molecule has 6 rings (SSSR count). The molecule has 36 heavy (non-hydrogen) atoms. The Morgan fingerprint density at radius 3 is 2.78 bits per heavy atom. The standard InChI is InChI=1S/C21H25FN10O3S/c22-15-9-23-21(36-15)25-17(34)14-7-12(33)10-32(14)20-27-18(24-16-8-13(29-30-16)11-1-2-11)26-19(28-20)31-3-5-35-6-4-31/h8-9,11-12,14,33H,1-7,10H2,(H,23,25,34)(H2,24,26,27,28,29,30)/t12-,14-/m0/s1. The van der Waals surface area contributed by atoms with Crippen LogP contribution in [0.3, 0.4) is 0 Å². The molecule has 1 amide bonds. The molecule has 4 N–H and O–H groups in total. The van der Waals surface area contributed by atoms with Crippen LogP contribution < -0.4 is 20.4 Å². The van der Waals surface area contributed by atoms with Crippen LogP contribution in [0.15, 0.2) is 12.3 Å². The molecule has 2 aliphatic heterocycles. The number of nitrogens with zero attached hydrogens (tertiary/aromatic N) is 7. The van der Waals surface area contributed by atoms with Gasteiger partial charge in [-0.05, 0) is 12.8 Å². The number of aliphatic hydroxyl groups excluding tert-OH is 1. The lowest BCUT2D eigenvalue weighted by Crippen LogP contribution is -2.42. The molecule has 190 valence electrons. The van der Waals surface area contributed by atoms with Gasteiger partial charge in [-0.1, -0.05) is 11.3 Å². The van der Waals surface area contributed by atoms with E-state index in [4.69, 9.17) is 4.74 Å². The van der Waals surface area contributed by atoms with Crippen LogP contribution in [0.5, 0.6) is 0 Å². The van der Waals surface area contributed by atoms with Gasteiger partial charge in [0, 0.05) is 43.7 Å². The Kier molecular flexibility index (Phi) is 6.10. The summed E-state index contributed by atoms with van der Waals surface area (Å²) in [5.41, 5.74) is 1.07. The Bertz CT molecular complexity index is 1240. The number of aliphatic hydroxyl groups is 1. The quantitative estimate of drug-likeness (QED) is 0.358. The maximum atomic E-state index is 13.4. The van der Waals surface area contributed by atoms with Crippen LogP contribution >= 0.6 is 11.3 Å². The molecule has 5 heterocycles. The van der Waals surface area contributed by atoms with E-state index in [-0.39, 0.29) is 30.0 Å². The molecule has 0 radical (unpaired) electrons. The van der Waals surface area contributed by atoms with Crippen molar-refractivity contribution < 1.29 is 19.0 Å². The van der Waals surface area contributed by atoms with Crippen molar-refractivity contribution in [2.75, 3.05) is 53.3 Å². The van der Waals surface area contributed by atoms with Gasteiger partial charge in [-0.15, -0.1) is 0 Å². The van der Waals surface area contributed by atoms with Gasteiger partial charge in [0.2, 0.25) is 23.8 Å². The average molecular weight is 517 g/mol. The number of hydrogen-bond donors (Lipinski definition) is 4. The number of anilines is 5. The zero-order valence-electron chi connectivity index (χ0n) is 19.2. The molecule has 0 bridgehead atoms. The number of nitrogens with one attached hydrogen (secondary N) is 3. The number of H-pyrrole nitrogens is 1. The highest BCUT2D eigenvalue weighted by Gasteiger charge is 2.38. The predicted octanol–water partition coefficient (Wildman–Crippen LogP) is 1.23. The SMILES string of the molecule is O=C(Nc1ncc(F)s1)[C@@H]1C[C@H](O)CN1c1nc(Nc2cc(C3CC3)[nH]n2)nc(N2CCOCC2)n1. The van der Waals surface area contributed by atoms with Gasteiger partial charge in [0.1, 0.15) is 6.04 Å². The summed E-state index contributed by atoms with van der Waals surface area (Å²) in [7, 11) is 0. The van der Waals surface area contributed by atoms with Crippen molar-refractivity contribution >= 4 is 46.0 Å². The minimum Gasteiger partial charge on any atom is -0.391 e. The van der Waals surface area contributed by atoms with E-state index in [1.165, 1.54) is 0 Å². The molecule has 2 atom stereocenters. The van der Waals surface area contributed by atoms with E-state index in [1.54, 1.807) is 4.90 Å². The number of aromatic nitrogens is 6. The fraction of sp³-hybridized carbons (Fsp3) is 0.524. The zero-order valence-corrected chi connectivity index (χ0v) is 20.0. The van der Waals surface area contributed by atoms with Crippen LogP contribution in [-0.4, -0.2) is 86.1 Å². The van der Waals surface area contributed by atoms with Crippen LogP contribution in [0, 0.1) is 5.13 Å². The smallest absolute Gasteiger partial charge is 0.249 e. The molecule has 13 nitrogen and oxygen atoms in total. The summed E-state index contributed by atoms with van der Waals surface area (Å²) < 4.78 is 18.8. The summed E-state index contributed by atoms with van der Waals surface area (Å²) in [5.74, 6) is 1.63. The highest BCUT2D eigenvalue weighted by Crippen LogP contribution is 2.39. The molecule has 15 heteroatoms. The Morgan fingerprint density at radius 2 is 2.03 bits per heavy atom. The second kappa shape index (κ2) is 9.55. The number of halogens is 1. The molecule has 3 fully saturated rings. The van der Waals surface area contributed by atoms with Crippen molar-refractivity contribution in [2.45, 2.75) is 37.3 Å². The zero-order chi connectivity index (χ0) is 24.6. The van der Waals surface area contributed by atoms with Crippen molar-refractivity contribution in [1.82, 2.24) is 30.1 Å². The second-order valence-electron chi connectivity index (χ2n) is 8.98. The molecule has 0 spiro atoms. The highest BCUT2D eigenvalue weighted by atomic mass is 32.1. The molecule has 3 aromatic heterocycles. The van der Waals surface area contributed by atoms with Crippen molar-refractivity contribution in [1.29, 1.82) is 0 Å². The largest absolute Gasteiger partial charge is 0.391 e. The summed E-state index contributed by atoms with van der Waals surface area (Å²) >= 11 is 0.736. The normalized spacial score (nSPS) is 22.2. The lowest BCUT2D eigenvalue weighted by molar-refractivity contribution is -0.117. The van der Waals surface area contributed by atoms with Crippen LogP contribution in [0.4, 0.5) is 33.2 Å². The van der Waals surface area contributed by atoms with Gasteiger partial charge >= 0.3 is 0 Å². The molecule has 1 aliphatic carbocycles. The number of carbonyl (C=O) groups is 1. The van der Waals surface area contributed by atoms with Crippen molar-refractivity contribution in [3.05, 3.63) is 23.1 Å². The number of aromatic amines is 1. The molecular weight excluding hydrogens is 491 g/mol. The fourth-order valence-electron chi connectivity index (χ4n) is 4.35. The van der Waals surface area contributed by atoms with Gasteiger partial charge in [-0.3, -0.25) is 9.89 Å². The maximum absolute atomic E-state index is 13.4. The topological polar surface area (TPSA) is 157 Å². The van der Waals surface area contributed by atoms with Gasteiger partial charge in [0.15, 0.2) is 16.1 Å². The lowest BCUT2D eigenvalue weighted by atomic mass is 10.2. The summed E-state index contributed by atoms with van der Waals surface area (Å²) in [6.45, 7) is 2.47. The van der Waals surface area contributed by atoms with E-state index in [0.29, 0.717) is 44.0 Å². The molecule has 3 aliphatic rings. The Labute approximate surface area is 209 Å². The van der Waals surface area contributed by atoms with Gasteiger partial charge in [-0.25, -0.2) is 4.98 Å². The molecular formula is C21H25FN10O3S. The first kappa shape index (κ1) is 23.0. The van der Waals surface area contributed by atoms with E-state index in [9.17, 15) is 14.3 Å². The third kappa shape index (κ3) is 4.94. The van der Waals surface area contributed by atoms with Crippen LogP contribution in [0.1, 0.15) is 30.9 Å². The first-order valence-corrected chi connectivity index (χ1v) is 12.6.